The molecule has 8 nitrogen and oxygen atoms in total. The van der Waals surface area contributed by atoms with E-state index in [9.17, 15) is 9.59 Å². The summed E-state index contributed by atoms with van der Waals surface area (Å²) in [5, 5.41) is 9.05. The number of hydrogen-bond acceptors (Lipinski definition) is 6. The van der Waals surface area contributed by atoms with Crippen molar-refractivity contribution in [3.63, 3.8) is 0 Å². The average molecular weight is 472 g/mol. The Labute approximate surface area is 194 Å². The Hall–Kier alpha value is -3.33. The van der Waals surface area contributed by atoms with Crippen LogP contribution >= 0.6 is 11.6 Å². The van der Waals surface area contributed by atoms with E-state index in [1.807, 2.05) is 20.8 Å². The molecular weight excluding hydrogens is 449 g/mol. The summed E-state index contributed by atoms with van der Waals surface area (Å²) < 4.78 is 20.1. The van der Waals surface area contributed by atoms with Gasteiger partial charge in [0.1, 0.15) is 11.6 Å². The van der Waals surface area contributed by atoms with Crippen molar-refractivity contribution in [3.8, 4) is 11.1 Å². The Morgan fingerprint density at radius 1 is 1.24 bits per heavy atom. The number of pyridine rings is 1. The fourth-order valence-electron chi connectivity index (χ4n) is 3.06. The van der Waals surface area contributed by atoms with E-state index in [1.165, 1.54) is 6.20 Å². The summed E-state index contributed by atoms with van der Waals surface area (Å²) in [4.78, 5) is 32.5. The Kier molecular flexibility index (Phi) is 6.16. The molecule has 172 valence electrons. The summed E-state index contributed by atoms with van der Waals surface area (Å²) in [6, 6.07) is 6.41. The van der Waals surface area contributed by atoms with Crippen molar-refractivity contribution in [2.24, 2.45) is 5.92 Å². The van der Waals surface area contributed by atoms with E-state index in [2.05, 4.69) is 25.8 Å². The fourth-order valence-corrected chi connectivity index (χ4v) is 3.29. The van der Waals surface area contributed by atoms with Crippen LogP contribution in [0.1, 0.15) is 55.7 Å². The molecule has 1 saturated carbocycles. The Balaban J connectivity index is 1.47. The van der Waals surface area contributed by atoms with E-state index in [1.54, 1.807) is 24.3 Å². The molecule has 0 atom stereocenters. The first-order valence-electron chi connectivity index (χ1n) is 10.5. The van der Waals surface area contributed by atoms with Crippen molar-refractivity contribution in [3.05, 3.63) is 58.6 Å². The van der Waals surface area contributed by atoms with Crippen LogP contribution in [0.2, 0.25) is 5.02 Å². The van der Waals surface area contributed by atoms with Crippen LogP contribution in [-0.2, 0) is 16.8 Å². The van der Waals surface area contributed by atoms with Gasteiger partial charge in [-0.1, -0.05) is 49.7 Å². The number of hydrogen-bond donors (Lipinski definition) is 2. The van der Waals surface area contributed by atoms with Crippen LogP contribution in [0.5, 0.6) is 0 Å². The van der Waals surface area contributed by atoms with E-state index in [0.717, 1.165) is 12.8 Å². The van der Waals surface area contributed by atoms with E-state index in [4.69, 9.17) is 16.1 Å². The van der Waals surface area contributed by atoms with Gasteiger partial charge in [0.25, 0.3) is 0 Å². The van der Waals surface area contributed by atoms with E-state index in [-0.39, 0.29) is 40.3 Å². The third-order valence-electron chi connectivity index (χ3n) is 5.16. The maximum atomic E-state index is 15.1. The number of carbonyl (C=O) groups is 2. The van der Waals surface area contributed by atoms with Crippen LogP contribution in [0.3, 0.4) is 0 Å². The topological polar surface area (TPSA) is 110 Å². The predicted octanol–water partition coefficient (Wildman–Crippen LogP) is 4.50. The molecule has 0 spiro atoms. The van der Waals surface area contributed by atoms with Gasteiger partial charge in [-0.3, -0.25) is 9.59 Å². The summed E-state index contributed by atoms with van der Waals surface area (Å²) >= 11 is 6.25. The minimum absolute atomic E-state index is 0.0266. The second kappa shape index (κ2) is 8.90. The minimum atomic E-state index is -0.637. The molecule has 1 fully saturated rings. The zero-order valence-corrected chi connectivity index (χ0v) is 19.2. The van der Waals surface area contributed by atoms with Crippen molar-refractivity contribution in [1.29, 1.82) is 0 Å². The normalized spacial score (nSPS) is 13.6. The molecule has 2 aromatic heterocycles. The maximum absolute atomic E-state index is 15.1. The summed E-state index contributed by atoms with van der Waals surface area (Å²) in [6.07, 6.45) is 3.24. The second-order valence-corrected chi connectivity index (χ2v) is 9.33. The lowest BCUT2D eigenvalue weighted by Gasteiger charge is -2.11. The number of rotatable bonds is 6. The SMILES string of the molecule is CC(C)(C)c1noc(C(=O)NCc2ccc(-c3ccnc(NC(=O)C4CC4)c3)c(F)c2Cl)n1. The summed E-state index contributed by atoms with van der Waals surface area (Å²) in [5.74, 6) is -0.684. The van der Waals surface area contributed by atoms with Crippen LogP contribution in [0, 0.1) is 11.7 Å². The van der Waals surface area contributed by atoms with E-state index >= 15 is 4.39 Å². The van der Waals surface area contributed by atoms with Gasteiger partial charge in [-0.05, 0) is 36.1 Å². The van der Waals surface area contributed by atoms with Crippen LogP contribution < -0.4 is 10.6 Å². The molecule has 0 bridgehead atoms. The van der Waals surface area contributed by atoms with E-state index in [0.29, 0.717) is 22.8 Å². The van der Waals surface area contributed by atoms with Gasteiger partial charge in [0.05, 0.1) is 5.02 Å². The number of nitrogens with zero attached hydrogens (tertiary/aromatic N) is 3. The molecule has 4 rings (SSSR count). The summed E-state index contributed by atoms with van der Waals surface area (Å²) in [6.45, 7) is 5.67. The second-order valence-electron chi connectivity index (χ2n) is 8.95. The van der Waals surface area contributed by atoms with Gasteiger partial charge >= 0.3 is 11.8 Å². The monoisotopic (exact) mass is 471 g/mol. The van der Waals surface area contributed by atoms with Crippen molar-refractivity contribution in [2.45, 2.75) is 45.6 Å². The van der Waals surface area contributed by atoms with Crippen LogP contribution in [0.25, 0.3) is 11.1 Å². The van der Waals surface area contributed by atoms with Crippen molar-refractivity contribution < 1.29 is 18.5 Å². The number of anilines is 1. The Morgan fingerprint density at radius 3 is 2.67 bits per heavy atom. The molecule has 2 N–H and O–H groups in total. The number of benzene rings is 1. The van der Waals surface area contributed by atoms with Crippen molar-refractivity contribution in [2.75, 3.05) is 5.32 Å². The number of amides is 2. The van der Waals surface area contributed by atoms with Crippen LogP contribution in [-0.4, -0.2) is 26.9 Å². The minimum Gasteiger partial charge on any atom is -0.344 e. The molecule has 2 heterocycles. The maximum Gasteiger partial charge on any atom is 0.315 e. The highest BCUT2D eigenvalue weighted by Crippen LogP contribution is 2.33. The van der Waals surface area contributed by atoms with E-state index < -0.39 is 11.7 Å². The molecular formula is C23H23ClFN5O3. The molecule has 0 aliphatic heterocycles. The number of halogens is 2. The van der Waals surface area contributed by atoms with Gasteiger partial charge < -0.3 is 15.2 Å². The largest absolute Gasteiger partial charge is 0.344 e. The molecule has 1 aliphatic rings. The highest BCUT2D eigenvalue weighted by atomic mass is 35.5. The standard InChI is InChI=1S/C23H23ClFN5O3/c1-23(2,3)22-29-21(33-30-22)20(32)27-11-14-6-7-15(18(25)17(14)24)13-8-9-26-16(10-13)28-19(31)12-4-5-12/h6-10,12H,4-5,11H2,1-3H3,(H,27,32)(H,26,28,31). The molecule has 33 heavy (non-hydrogen) atoms. The predicted molar refractivity (Wildman–Crippen MR) is 120 cm³/mol. The quantitative estimate of drug-likeness (QED) is 0.547. The zero-order chi connectivity index (χ0) is 23.8. The lowest BCUT2D eigenvalue weighted by Crippen LogP contribution is -2.24. The highest BCUT2D eigenvalue weighted by Gasteiger charge is 2.30. The lowest BCUT2D eigenvalue weighted by atomic mass is 9.96. The third kappa shape index (κ3) is 5.19. The number of nitrogens with one attached hydrogen (secondary N) is 2. The average Bonchev–Trinajstić information content (AvgIpc) is 3.49. The summed E-state index contributed by atoms with van der Waals surface area (Å²) in [5.41, 5.74) is 0.800. The van der Waals surface area contributed by atoms with Gasteiger partial charge in [0.2, 0.25) is 5.91 Å². The summed E-state index contributed by atoms with van der Waals surface area (Å²) in [7, 11) is 0. The Morgan fingerprint density at radius 2 is 2.00 bits per heavy atom. The molecule has 1 aliphatic carbocycles. The van der Waals surface area contributed by atoms with Gasteiger partial charge in [0.15, 0.2) is 5.82 Å². The lowest BCUT2D eigenvalue weighted by molar-refractivity contribution is -0.117. The molecule has 0 saturated heterocycles. The zero-order valence-electron chi connectivity index (χ0n) is 18.4. The molecule has 2 amide bonds. The molecule has 1 aromatic carbocycles. The Bertz CT molecular complexity index is 1220. The number of aromatic nitrogens is 3. The molecule has 3 aromatic rings. The fraction of sp³-hybridized carbons (Fsp3) is 0.348. The highest BCUT2D eigenvalue weighted by molar-refractivity contribution is 6.31. The van der Waals surface area contributed by atoms with Crippen molar-refractivity contribution in [1.82, 2.24) is 20.4 Å². The number of carbonyl (C=O) groups excluding carboxylic acids is 2. The first-order chi connectivity index (χ1) is 15.6. The van der Waals surface area contributed by atoms with Gasteiger partial charge in [-0.25, -0.2) is 9.37 Å². The first-order valence-corrected chi connectivity index (χ1v) is 10.9. The van der Waals surface area contributed by atoms with Gasteiger partial charge in [0, 0.05) is 29.6 Å². The van der Waals surface area contributed by atoms with Crippen LogP contribution in [0.15, 0.2) is 35.0 Å². The van der Waals surface area contributed by atoms with Gasteiger partial charge in [-0.2, -0.15) is 4.98 Å². The van der Waals surface area contributed by atoms with Crippen LogP contribution in [0.4, 0.5) is 10.2 Å². The third-order valence-corrected chi connectivity index (χ3v) is 5.57. The molecule has 0 radical (unpaired) electrons. The smallest absolute Gasteiger partial charge is 0.315 e. The molecule has 0 unspecified atom stereocenters. The first kappa shape index (κ1) is 22.8. The van der Waals surface area contributed by atoms with Crippen molar-refractivity contribution >= 4 is 29.2 Å². The molecule has 10 heteroatoms. The van der Waals surface area contributed by atoms with Gasteiger partial charge in [-0.15, -0.1) is 0 Å².